The van der Waals surface area contributed by atoms with Gasteiger partial charge in [-0.05, 0) is 18.2 Å². The lowest BCUT2D eigenvalue weighted by Gasteiger charge is -2.03. The second-order valence-corrected chi connectivity index (χ2v) is 3.48. The topological polar surface area (TPSA) is 55.1 Å². The molecule has 1 aromatic heterocycles. The van der Waals surface area contributed by atoms with Gasteiger partial charge in [-0.25, -0.2) is 13.9 Å². The Morgan fingerprint density at radius 3 is 2.81 bits per heavy atom. The summed E-state index contributed by atoms with van der Waals surface area (Å²) in [5.74, 6) is -1.54. The predicted octanol–water partition coefficient (Wildman–Crippen LogP) is 2.36. The van der Waals surface area contributed by atoms with Crippen molar-refractivity contribution in [1.82, 2.24) is 9.78 Å². The Balaban J connectivity index is 2.46. The van der Waals surface area contributed by atoms with Crippen LogP contribution < -0.4 is 0 Å². The molecule has 0 aliphatic heterocycles. The standard InChI is InChI=1S/C10H6ClFN2O2/c11-8-3-7(12)1-2-9(8)14-5-6(4-13-14)10(15)16/h1-5H,(H,15,16). The Morgan fingerprint density at radius 2 is 2.25 bits per heavy atom. The lowest BCUT2D eigenvalue weighted by atomic mass is 10.3. The number of halogens is 2. The minimum absolute atomic E-state index is 0.0420. The average molecular weight is 241 g/mol. The van der Waals surface area contributed by atoms with Gasteiger partial charge in [0, 0.05) is 6.20 Å². The van der Waals surface area contributed by atoms with Crippen molar-refractivity contribution in [2.24, 2.45) is 0 Å². The van der Waals surface area contributed by atoms with Crippen LogP contribution in [0.5, 0.6) is 0 Å². The van der Waals surface area contributed by atoms with Crippen LogP contribution in [0.2, 0.25) is 5.02 Å². The fourth-order valence-electron chi connectivity index (χ4n) is 1.23. The van der Waals surface area contributed by atoms with Crippen molar-refractivity contribution >= 4 is 17.6 Å². The van der Waals surface area contributed by atoms with Gasteiger partial charge < -0.3 is 5.11 Å². The maximum atomic E-state index is 12.8. The van der Waals surface area contributed by atoms with Crippen LogP contribution in [-0.4, -0.2) is 20.9 Å². The number of hydrogen-bond donors (Lipinski definition) is 1. The zero-order valence-corrected chi connectivity index (χ0v) is 8.65. The van der Waals surface area contributed by atoms with Crippen LogP contribution in [0.25, 0.3) is 5.69 Å². The largest absolute Gasteiger partial charge is 0.478 e. The minimum Gasteiger partial charge on any atom is -0.478 e. The van der Waals surface area contributed by atoms with E-state index in [9.17, 15) is 9.18 Å². The van der Waals surface area contributed by atoms with Crippen molar-refractivity contribution in [2.45, 2.75) is 0 Å². The molecule has 0 fully saturated rings. The Bertz CT molecular complexity index is 554. The van der Waals surface area contributed by atoms with Gasteiger partial charge in [0.2, 0.25) is 0 Å². The third-order valence-corrected chi connectivity index (χ3v) is 2.29. The van der Waals surface area contributed by atoms with E-state index in [1.54, 1.807) is 0 Å². The number of rotatable bonds is 2. The van der Waals surface area contributed by atoms with Crippen LogP contribution in [0.15, 0.2) is 30.6 Å². The summed E-state index contributed by atoms with van der Waals surface area (Å²) in [6.07, 6.45) is 2.50. The number of benzene rings is 1. The molecule has 0 amide bonds. The first-order valence-electron chi connectivity index (χ1n) is 4.31. The van der Waals surface area contributed by atoms with Gasteiger partial charge in [-0.3, -0.25) is 0 Å². The Labute approximate surface area is 94.9 Å². The molecule has 82 valence electrons. The van der Waals surface area contributed by atoms with E-state index in [2.05, 4.69) is 5.10 Å². The summed E-state index contributed by atoms with van der Waals surface area (Å²) in [6, 6.07) is 3.79. The first-order valence-corrected chi connectivity index (χ1v) is 4.69. The minimum atomic E-state index is -1.08. The molecule has 1 N–H and O–H groups in total. The van der Waals surface area contributed by atoms with Crippen LogP contribution in [0.3, 0.4) is 0 Å². The van der Waals surface area contributed by atoms with E-state index in [-0.39, 0.29) is 10.6 Å². The molecule has 6 heteroatoms. The molecule has 0 aliphatic carbocycles. The van der Waals surface area contributed by atoms with Gasteiger partial charge in [0.25, 0.3) is 0 Å². The van der Waals surface area contributed by atoms with Crippen LogP contribution in [0.4, 0.5) is 4.39 Å². The molecular formula is C10H6ClFN2O2. The molecule has 2 rings (SSSR count). The van der Waals surface area contributed by atoms with E-state index in [0.717, 1.165) is 6.07 Å². The number of aromatic carboxylic acids is 1. The maximum Gasteiger partial charge on any atom is 0.338 e. The number of aromatic nitrogens is 2. The summed E-state index contributed by atoms with van der Waals surface area (Å²) >= 11 is 5.80. The summed E-state index contributed by atoms with van der Waals surface area (Å²) in [6.45, 7) is 0. The van der Waals surface area contributed by atoms with Crippen molar-refractivity contribution in [3.63, 3.8) is 0 Å². The molecule has 0 atom stereocenters. The highest BCUT2D eigenvalue weighted by Crippen LogP contribution is 2.21. The number of hydrogen-bond acceptors (Lipinski definition) is 2. The second kappa shape index (κ2) is 3.94. The molecule has 0 spiro atoms. The number of carboxylic acids is 1. The monoisotopic (exact) mass is 240 g/mol. The Morgan fingerprint density at radius 1 is 1.50 bits per heavy atom. The lowest BCUT2D eigenvalue weighted by molar-refractivity contribution is 0.0697. The summed E-state index contributed by atoms with van der Waals surface area (Å²) in [5.41, 5.74) is 0.468. The van der Waals surface area contributed by atoms with Crippen LogP contribution in [0.1, 0.15) is 10.4 Å². The average Bonchev–Trinajstić information content (AvgIpc) is 2.66. The zero-order chi connectivity index (χ0) is 11.7. The van der Waals surface area contributed by atoms with Gasteiger partial charge in [-0.15, -0.1) is 0 Å². The molecule has 0 radical (unpaired) electrons. The summed E-state index contributed by atoms with van der Waals surface area (Å²) in [5, 5.41) is 12.7. The van der Waals surface area contributed by atoms with Crippen molar-refractivity contribution in [3.8, 4) is 5.69 Å². The second-order valence-electron chi connectivity index (χ2n) is 3.07. The molecule has 1 heterocycles. The Hall–Kier alpha value is -1.88. The van der Waals surface area contributed by atoms with E-state index in [1.165, 1.54) is 29.2 Å². The van der Waals surface area contributed by atoms with Gasteiger partial charge >= 0.3 is 5.97 Å². The van der Waals surface area contributed by atoms with E-state index < -0.39 is 11.8 Å². The van der Waals surface area contributed by atoms with Crippen molar-refractivity contribution in [1.29, 1.82) is 0 Å². The first-order chi connectivity index (χ1) is 7.58. The fraction of sp³-hybridized carbons (Fsp3) is 0. The molecule has 0 aliphatic rings. The first kappa shape index (κ1) is 10.6. The molecule has 2 aromatic rings. The maximum absolute atomic E-state index is 12.8. The van der Waals surface area contributed by atoms with E-state index in [4.69, 9.17) is 16.7 Å². The van der Waals surface area contributed by atoms with Gasteiger partial charge in [-0.1, -0.05) is 11.6 Å². The molecular weight excluding hydrogens is 235 g/mol. The number of carbonyl (C=O) groups is 1. The summed E-state index contributed by atoms with van der Waals surface area (Å²) < 4.78 is 14.1. The summed E-state index contributed by atoms with van der Waals surface area (Å²) in [4.78, 5) is 10.6. The highest BCUT2D eigenvalue weighted by molar-refractivity contribution is 6.32. The van der Waals surface area contributed by atoms with Crippen LogP contribution in [0, 0.1) is 5.82 Å². The smallest absolute Gasteiger partial charge is 0.338 e. The van der Waals surface area contributed by atoms with Crippen LogP contribution in [-0.2, 0) is 0 Å². The Kier molecular flexibility index (Phi) is 2.62. The predicted molar refractivity (Wildman–Crippen MR) is 55.5 cm³/mol. The van der Waals surface area contributed by atoms with Gasteiger partial charge in [0.15, 0.2) is 0 Å². The molecule has 0 saturated carbocycles. The molecule has 0 unspecified atom stereocenters. The van der Waals surface area contributed by atoms with Gasteiger partial charge in [0.05, 0.1) is 22.5 Å². The normalized spacial score (nSPS) is 10.4. The molecule has 0 bridgehead atoms. The molecule has 16 heavy (non-hydrogen) atoms. The molecule has 4 nitrogen and oxygen atoms in total. The third-order valence-electron chi connectivity index (χ3n) is 1.99. The zero-order valence-electron chi connectivity index (χ0n) is 7.89. The molecule has 1 aromatic carbocycles. The van der Waals surface area contributed by atoms with Crippen molar-refractivity contribution in [2.75, 3.05) is 0 Å². The van der Waals surface area contributed by atoms with Crippen molar-refractivity contribution in [3.05, 3.63) is 47.0 Å². The van der Waals surface area contributed by atoms with Crippen molar-refractivity contribution < 1.29 is 14.3 Å². The van der Waals surface area contributed by atoms with E-state index >= 15 is 0 Å². The van der Waals surface area contributed by atoms with Crippen LogP contribution >= 0.6 is 11.6 Å². The van der Waals surface area contributed by atoms with E-state index in [1.807, 2.05) is 0 Å². The highest BCUT2D eigenvalue weighted by atomic mass is 35.5. The van der Waals surface area contributed by atoms with E-state index in [0.29, 0.717) is 5.69 Å². The van der Waals surface area contributed by atoms with Gasteiger partial charge in [-0.2, -0.15) is 5.10 Å². The quantitative estimate of drug-likeness (QED) is 0.877. The number of nitrogens with zero attached hydrogens (tertiary/aromatic N) is 2. The van der Waals surface area contributed by atoms with Gasteiger partial charge in [0.1, 0.15) is 5.82 Å². The fourth-order valence-corrected chi connectivity index (χ4v) is 1.49. The lowest BCUT2D eigenvalue weighted by Crippen LogP contribution is -1.97. The SMILES string of the molecule is O=C(O)c1cnn(-c2ccc(F)cc2Cl)c1. The molecule has 0 saturated heterocycles. The summed E-state index contributed by atoms with van der Waals surface area (Å²) in [7, 11) is 0. The third kappa shape index (κ3) is 1.90. The number of carboxylic acid groups (broad SMARTS) is 1. The highest BCUT2D eigenvalue weighted by Gasteiger charge is 2.09.